The fourth-order valence-corrected chi connectivity index (χ4v) is 1.90. The SMILES string of the molecule is CC(C)(C)OC(=O)N(Cc1cccc(O)c1)C1CC1. The summed E-state index contributed by atoms with van der Waals surface area (Å²) in [6, 6.07) is 7.26. The molecule has 1 amide bonds. The van der Waals surface area contributed by atoms with Gasteiger partial charge in [-0.3, -0.25) is 0 Å². The zero-order valence-corrected chi connectivity index (χ0v) is 11.7. The molecular formula is C15H21NO3. The van der Waals surface area contributed by atoms with Gasteiger partial charge in [-0.05, 0) is 51.3 Å². The number of carbonyl (C=O) groups excluding carboxylic acids is 1. The predicted molar refractivity (Wildman–Crippen MR) is 72.9 cm³/mol. The Labute approximate surface area is 114 Å². The molecule has 0 saturated heterocycles. The average molecular weight is 263 g/mol. The highest BCUT2D eigenvalue weighted by Gasteiger charge is 2.35. The van der Waals surface area contributed by atoms with E-state index in [0.717, 1.165) is 18.4 Å². The molecule has 1 aliphatic carbocycles. The molecule has 0 aromatic heterocycles. The summed E-state index contributed by atoms with van der Waals surface area (Å²) < 4.78 is 5.43. The first-order chi connectivity index (χ1) is 8.85. The number of carbonyl (C=O) groups is 1. The molecule has 0 aliphatic heterocycles. The van der Waals surface area contributed by atoms with Crippen molar-refractivity contribution >= 4 is 6.09 Å². The van der Waals surface area contributed by atoms with Crippen molar-refractivity contribution in [2.45, 2.75) is 51.8 Å². The zero-order valence-electron chi connectivity index (χ0n) is 11.7. The second kappa shape index (κ2) is 5.11. The van der Waals surface area contributed by atoms with Crippen LogP contribution in [0.3, 0.4) is 0 Å². The molecule has 1 aromatic rings. The van der Waals surface area contributed by atoms with Gasteiger partial charge in [-0.2, -0.15) is 0 Å². The summed E-state index contributed by atoms with van der Waals surface area (Å²) in [6.45, 7) is 6.08. The maximum atomic E-state index is 12.2. The Balaban J connectivity index is 2.06. The summed E-state index contributed by atoms with van der Waals surface area (Å²) >= 11 is 0. The Morgan fingerprint density at radius 3 is 2.63 bits per heavy atom. The largest absolute Gasteiger partial charge is 0.508 e. The number of ether oxygens (including phenoxy) is 1. The fraction of sp³-hybridized carbons (Fsp3) is 0.533. The average Bonchev–Trinajstić information content (AvgIpc) is 3.07. The van der Waals surface area contributed by atoms with Crippen LogP contribution >= 0.6 is 0 Å². The molecule has 0 spiro atoms. The van der Waals surface area contributed by atoms with Gasteiger partial charge in [-0.25, -0.2) is 4.79 Å². The Hall–Kier alpha value is -1.71. The van der Waals surface area contributed by atoms with E-state index in [-0.39, 0.29) is 17.9 Å². The number of amides is 1. The van der Waals surface area contributed by atoms with Crippen LogP contribution in [0.5, 0.6) is 5.75 Å². The highest BCUT2D eigenvalue weighted by Crippen LogP contribution is 2.30. The lowest BCUT2D eigenvalue weighted by molar-refractivity contribution is 0.0216. The standard InChI is InChI=1S/C15H21NO3/c1-15(2,3)19-14(18)16(12-7-8-12)10-11-5-4-6-13(17)9-11/h4-6,9,12,17H,7-8,10H2,1-3H3. The first-order valence-electron chi connectivity index (χ1n) is 6.63. The van der Waals surface area contributed by atoms with Crippen molar-refractivity contribution in [2.24, 2.45) is 0 Å². The van der Waals surface area contributed by atoms with Crippen LogP contribution in [0.2, 0.25) is 0 Å². The normalized spacial score (nSPS) is 15.1. The summed E-state index contributed by atoms with van der Waals surface area (Å²) in [7, 11) is 0. The number of benzene rings is 1. The van der Waals surface area contributed by atoms with E-state index in [0.29, 0.717) is 6.54 Å². The first-order valence-corrected chi connectivity index (χ1v) is 6.63. The molecule has 1 aliphatic rings. The van der Waals surface area contributed by atoms with Gasteiger partial charge in [0.15, 0.2) is 0 Å². The molecule has 0 heterocycles. The van der Waals surface area contributed by atoms with E-state index >= 15 is 0 Å². The van der Waals surface area contributed by atoms with Crippen molar-refractivity contribution in [3.63, 3.8) is 0 Å². The van der Waals surface area contributed by atoms with Crippen molar-refractivity contribution in [2.75, 3.05) is 0 Å². The van der Waals surface area contributed by atoms with E-state index in [1.165, 1.54) is 0 Å². The van der Waals surface area contributed by atoms with Gasteiger partial charge in [0, 0.05) is 12.6 Å². The highest BCUT2D eigenvalue weighted by atomic mass is 16.6. The van der Waals surface area contributed by atoms with E-state index in [4.69, 9.17) is 4.74 Å². The van der Waals surface area contributed by atoms with Crippen molar-refractivity contribution in [3.8, 4) is 5.75 Å². The van der Waals surface area contributed by atoms with E-state index in [9.17, 15) is 9.90 Å². The molecule has 19 heavy (non-hydrogen) atoms. The maximum Gasteiger partial charge on any atom is 0.410 e. The van der Waals surface area contributed by atoms with Crippen molar-refractivity contribution in [3.05, 3.63) is 29.8 Å². The minimum Gasteiger partial charge on any atom is -0.508 e. The number of nitrogens with zero attached hydrogens (tertiary/aromatic N) is 1. The van der Waals surface area contributed by atoms with Gasteiger partial charge in [-0.1, -0.05) is 12.1 Å². The molecule has 104 valence electrons. The van der Waals surface area contributed by atoms with Crippen LogP contribution in [-0.2, 0) is 11.3 Å². The lowest BCUT2D eigenvalue weighted by Gasteiger charge is -2.27. The van der Waals surface area contributed by atoms with E-state index in [1.807, 2.05) is 26.8 Å². The van der Waals surface area contributed by atoms with E-state index in [1.54, 1.807) is 23.1 Å². The van der Waals surface area contributed by atoms with Crippen LogP contribution in [0, 0.1) is 0 Å². The molecule has 1 saturated carbocycles. The van der Waals surface area contributed by atoms with Crippen LogP contribution in [0.15, 0.2) is 24.3 Å². The van der Waals surface area contributed by atoms with Crippen LogP contribution in [0.25, 0.3) is 0 Å². The minimum atomic E-state index is -0.483. The second-order valence-corrected chi connectivity index (χ2v) is 6.01. The molecule has 0 radical (unpaired) electrons. The summed E-state index contributed by atoms with van der Waals surface area (Å²) in [4.78, 5) is 13.9. The van der Waals surface area contributed by atoms with E-state index in [2.05, 4.69) is 0 Å². The molecule has 0 unspecified atom stereocenters. The smallest absolute Gasteiger partial charge is 0.410 e. The summed E-state index contributed by atoms with van der Waals surface area (Å²) in [5, 5.41) is 9.47. The van der Waals surface area contributed by atoms with Crippen LogP contribution < -0.4 is 0 Å². The topological polar surface area (TPSA) is 49.8 Å². The third-order valence-electron chi connectivity index (χ3n) is 2.88. The van der Waals surface area contributed by atoms with Gasteiger partial charge in [0.2, 0.25) is 0 Å². The number of phenols is 1. The molecule has 4 nitrogen and oxygen atoms in total. The minimum absolute atomic E-state index is 0.220. The Kier molecular flexibility index (Phi) is 3.69. The van der Waals surface area contributed by atoms with Gasteiger partial charge in [0.1, 0.15) is 11.4 Å². The molecule has 0 bridgehead atoms. The molecule has 2 rings (SSSR count). The van der Waals surface area contributed by atoms with Crippen LogP contribution in [-0.4, -0.2) is 27.7 Å². The number of phenolic OH excluding ortho intramolecular Hbond substituents is 1. The zero-order chi connectivity index (χ0) is 14.0. The Morgan fingerprint density at radius 2 is 2.11 bits per heavy atom. The number of rotatable bonds is 3. The van der Waals surface area contributed by atoms with Crippen molar-refractivity contribution < 1.29 is 14.6 Å². The van der Waals surface area contributed by atoms with Crippen molar-refractivity contribution in [1.82, 2.24) is 4.90 Å². The molecular weight excluding hydrogens is 242 g/mol. The lowest BCUT2D eigenvalue weighted by Crippen LogP contribution is -2.37. The molecule has 0 atom stereocenters. The third kappa shape index (κ3) is 4.16. The Morgan fingerprint density at radius 1 is 1.42 bits per heavy atom. The first kappa shape index (κ1) is 13.7. The number of hydrogen-bond acceptors (Lipinski definition) is 3. The van der Waals surface area contributed by atoms with Crippen LogP contribution in [0.1, 0.15) is 39.2 Å². The van der Waals surface area contributed by atoms with Gasteiger partial charge in [0.05, 0.1) is 0 Å². The predicted octanol–water partition coefficient (Wildman–Crippen LogP) is 3.29. The number of hydrogen-bond donors (Lipinski definition) is 1. The third-order valence-corrected chi connectivity index (χ3v) is 2.88. The highest BCUT2D eigenvalue weighted by molar-refractivity contribution is 5.69. The molecule has 1 N–H and O–H groups in total. The summed E-state index contributed by atoms with van der Waals surface area (Å²) in [5.74, 6) is 0.220. The van der Waals surface area contributed by atoms with Gasteiger partial charge >= 0.3 is 6.09 Å². The monoisotopic (exact) mass is 263 g/mol. The molecule has 1 fully saturated rings. The summed E-state index contributed by atoms with van der Waals surface area (Å²) in [6.07, 6.45) is 1.77. The van der Waals surface area contributed by atoms with Crippen LogP contribution in [0.4, 0.5) is 4.79 Å². The summed E-state index contributed by atoms with van der Waals surface area (Å²) in [5.41, 5.74) is 0.432. The maximum absolute atomic E-state index is 12.2. The fourth-order valence-electron chi connectivity index (χ4n) is 1.90. The Bertz CT molecular complexity index is 461. The number of aromatic hydroxyl groups is 1. The van der Waals surface area contributed by atoms with E-state index < -0.39 is 5.60 Å². The van der Waals surface area contributed by atoms with Gasteiger partial charge in [-0.15, -0.1) is 0 Å². The molecule has 1 aromatic carbocycles. The van der Waals surface area contributed by atoms with Gasteiger partial charge < -0.3 is 14.7 Å². The van der Waals surface area contributed by atoms with Crippen molar-refractivity contribution in [1.29, 1.82) is 0 Å². The second-order valence-electron chi connectivity index (χ2n) is 6.01. The molecule has 4 heteroatoms. The quantitative estimate of drug-likeness (QED) is 0.910. The van der Waals surface area contributed by atoms with Gasteiger partial charge in [0.25, 0.3) is 0 Å². The lowest BCUT2D eigenvalue weighted by atomic mass is 10.2.